The van der Waals surface area contributed by atoms with Gasteiger partial charge < -0.3 is 10.2 Å². The van der Waals surface area contributed by atoms with E-state index >= 15 is 0 Å². The average Bonchev–Trinajstić information content (AvgIpc) is 2.01. The van der Waals surface area contributed by atoms with E-state index in [4.69, 9.17) is 0 Å². The molecular weight excluding hydrogens is 168 g/mol. The molecule has 0 bridgehead atoms. The van der Waals surface area contributed by atoms with E-state index in [9.17, 15) is 9.59 Å². The van der Waals surface area contributed by atoms with Crippen molar-refractivity contribution in [2.45, 2.75) is 19.3 Å². The van der Waals surface area contributed by atoms with Crippen LogP contribution in [0, 0.1) is 5.92 Å². The lowest BCUT2D eigenvalue weighted by Gasteiger charge is -2.33. The van der Waals surface area contributed by atoms with E-state index in [0.29, 0.717) is 13.1 Å². The van der Waals surface area contributed by atoms with E-state index in [1.54, 1.807) is 4.90 Å². The Morgan fingerprint density at radius 2 is 2.23 bits per heavy atom. The van der Waals surface area contributed by atoms with Crippen molar-refractivity contribution in [3.63, 3.8) is 0 Å². The first-order valence-corrected chi connectivity index (χ1v) is 4.83. The summed E-state index contributed by atoms with van der Waals surface area (Å²) in [5.41, 5.74) is 0. The topological polar surface area (TPSA) is 49.4 Å². The second-order valence-electron chi connectivity index (χ2n) is 3.74. The van der Waals surface area contributed by atoms with Crippen LogP contribution in [0.3, 0.4) is 0 Å². The van der Waals surface area contributed by atoms with Gasteiger partial charge in [-0.15, -0.1) is 0 Å². The fraction of sp³-hybridized carbons (Fsp3) is 0.778. The lowest BCUT2D eigenvalue weighted by molar-refractivity contribution is -0.143. The molecule has 2 amide bonds. The molecular formula is C9H14N2O2. The van der Waals surface area contributed by atoms with Crippen LogP contribution in [0.2, 0.25) is 0 Å². The maximum atomic E-state index is 11.7. The van der Waals surface area contributed by atoms with Crippen LogP contribution in [0.5, 0.6) is 0 Å². The summed E-state index contributed by atoms with van der Waals surface area (Å²) in [6.45, 7) is 1.55. The van der Waals surface area contributed by atoms with Crippen LogP contribution in [-0.2, 0) is 9.59 Å². The maximum absolute atomic E-state index is 11.7. The molecule has 1 N–H and O–H groups in total. The summed E-state index contributed by atoms with van der Waals surface area (Å²) in [5, 5.41) is 2.71. The third kappa shape index (κ3) is 1.66. The number of carbonyl (C=O) groups is 2. The molecule has 13 heavy (non-hydrogen) atoms. The van der Waals surface area contributed by atoms with Gasteiger partial charge in [0.05, 0.1) is 6.54 Å². The zero-order valence-electron chi connectivity index (χ0n) is 7.58. The van der Waals surface area contributed by atoms with Gasteiger partial charge in [0, 0.05) is 19.0 Å². The first kappa shape index (κ1) is 8.53. The zero-order valence-corrected chi connectivity index (χ0v) is 7.58. The minimum atomic E-state index is -0.0288. The van der Waals surface area contributed by atoms with Crippen molar-refractivity contribution in [2.75, 3.05) is 19.6 Å². The number of amides is 2. The molecule has 0 radical (unpaired) electrons. The summed E-state index contributed by atoms with van der Waals surface area (Å²) in [5.74, 6) is 0.367. The van der Waals surface area contributed by atoms with E-state index in [1.807, 2.05) is 0 Å². The molecule has 4 heteroatoms. The molecule has 2 rings (SSSR count). The van der Waals surface area contributed by atoms with Crippen molar-refractivity contribution in [1.29, 1.82) is 0 Å². The molecule has 2 fully saturated rings. The maximum Gasteiger partial charge on any atom is 0.239 e. The van der Waals surface area contributed by atoms with Crippen molar-refractivity contribution in [1.82, 2.24) is 10.2 Å². The van der Waals surface area contributed by atoms with E-state index in [1.165, 1.54) is 0 Å². The Balaban J connectivity index is 1.91. The minimum Gasteiger partial charge on any atom is -0.353 e. The molecule has 1 aliphatic heterocycles. The first-order valence-electron chi connectivity index (χ1n) is 4.83. The fourth-order valence-corrected chi connectivity index (χ4v) is 1.74. The monoisotopic (exact) mass is 182 g/mol. The lowest BCUT2D eigenvalue weighted by atomic mass is 9.84. The third-order valence-electron chi connectivity index (χ3n) is 2.80. The van der Waals surface area contributed by atoms with Crippen molar-refractivity contribution in [3.8, 4) is 0 Å². The summed E-state index contributed by atoms with van der Waals surface area (Å²) in [6.07, 6.45) is 3.18. The molecule has 1 aliphatic carbocycles. The highest BCUT2D eigenvalue weighted by atomic mass is 16.2. The predicted octanol–water partition coefficient (Wildman–Crippen LogP) is -0.255. The molecule has 1 saturated carbocycles. The molecule has 0 atom stereocenters. The molecule has 0 aromatic heterocycles. The Bertz CT molecular complexity index is 236. The second kappa shape index (κ2) is 3.36. The van der Waals surface area contributed by atoms with Gasteiger partial charge in [0.1, 0.15) is 0 Å². The van der Waals surface area contributed by atoms with Gasteiger partial charge in [0.15, 0.2) is 0 Å². The Labute approximate surface area is 77.3 Å². The van der Waals surface area contributed by atoms with Crippen molar-refractivity contribution < 1.29 is 9.59 Å². The van der Waals surface area contributed by atoms with Gasteiger partial charge in [0.25, 0.3) is 0 Å². The van der Waals surface area contributed by atoms with Gasteiger partial charge >= 0.3 is 0 Å². The number of piperazine rings is 1. The molecule has 1 heterocycles. The van der Waals surface area contributed by atoms with Gasteiger partial charge in [-0.1, -0.05) is 6.42 Å². The van der Waals surface area contributed by atoms with Gasteiger partial charge in [-0.05, 0) is 12.8 Å². The van der Waals surface area contributed by atoms with Gasteiger partial charge in [-0.3, -0.25) is 9.59 Å². The van der Waals surface area contributed by atoms with Crippen molar-refractivity contribution in [3.05, 3.63) is 0 Å². The molecule has 4 nitrogen and oxygen atoms in total. The summed E-state index contributed by atoms with van der Waals surface area (Å²) >= 11 is 0. The van der Waals surface area contributed by atoms with Crippen LogP contribution in [0.25, 0.3) is 0 Å². The molecule has 72 valence electrons. The van der Waals surface area contributed by atoms with E-state index in [2.05, 4.69) is 5.32 Å². The molecule has 0 aromatic rings. The number of hydrogen-bond acceptors (Lipinski definition) is 2. The normalized spacial score (nSPS) is 23.7. The molecule has 0 aromatic carbocycles. The van der Waals surface area contributed by atoms with E-state index in [-0.39, 0.29) is 24.3 Å². The lowest BCUT2D eigenvalue weighted by Crippen LogP contribution is -2.52. The standard InChI is InChI=1S/C9H14N2O2/c12-8-6-11(5-4-10-8)9(13)7-2-1-3-7/h7H,1-6H2,(H,10,12). The van der Waals surface area contributed by atoms with Crippen LogP contribution in [0.1, 0.15) is 19.3 Å². The van der Waals surface area contributed by atoms with Crippen LogP contribution in [-0.4, -0.2) is 36.3 Å². The van der Waals surface area contributed by atoms with Gasteiger partial charge in [-0.25, -0.2) is 0 Å². The molecule has 0 spiro atoms. The largest absolute Gasteiger partial charge is 0.353 e. The van der Waals surface area contributed by atoms with Crippen molar-refractivity contribution >= 4 is 11.8 Å². The number of hydrogen-bond donors (Lipinski definition) is 1. The van der Waals surface area contributed by atoms with Gasteiger partial charge in [-0.2, -0.15) is 0 Å². The van der Waals surface area contributed by atoms with Crippen LogP contribution in [0.4, 0.5) is 0 Å². The van der Waals surface area contributed by atoms with E-state index < -0.39 is 0 Å². The quantitative estimate of drug-likeness (QED) is 0.607. The zero-order chi connectivity index (χ0) is 9.26. The predicted molar refractivity (Wildman–Crippen MR) is 46.9 cm³/mol. The number of nitrogens with zero attached hydrogens (tertiary/aromatic N) is 1. The number of carbonyl (C=O) groups excluding carboxylic acids is 2. The average molecular weight is 182 g/mol. The minimum absolute atomic E-state index is 0.0288. The Morgan fingerprint density at radius 3 is 2.77 bits per heavy atom. The Kier molecular flexibility index (Phi) is 2.20. The number of nitrogens with one attached hydrogen (secondary N) is 1. The number of rotatable bonds is 1. The third-order valence-corrected chi connectivity index (χ3v) is 2.80. The summed E-state index contributed by atoms with van der Waals surface area (Å²) in [4.78, 5) is 24.4. The molecule has 1 saturated heterocycles. The van der Waals surface area contributed by atoms with Gasteiger partial charge in [0.2, 0.25) is 11.8 Å². The Hall–Kier alpha value is -1.06. The Morgan fingerprint density at radius 1 is 1.46 bits per heavy atom. The van der Waals surface area contributed by atoms with Crippen molar-refractivity contribution in [2.24, 2.45) is 5.92 Å². The molecule has 2 aliphatic rings. The second-order valence-corrected chi connectivity index (χ2v) is 3.74. The van der Waals surface area contributed by atoms with E-state index in [0.717, 1.165) is 19.3 Å². The summed E-state index contributed by atoms with van der Waals surface area (Å²) in [7, 11) is 0. The smallest absolute Gasteiger partial charge is 0.239 e. The van der Waals surface area contributed by atoms with Crippen LogP contribution in [0.15, 0.2) is 0 Å². The summed E-state index contributed by atoms with van der Waals surface area (Å²) in [6, 6.07) is 0. The van der Waals surface area contributed by atoms with Crippen LogP contribution < -0.4 is 5.32 Å². The van der Waals surface area contributed by atoms with Crippen LogP contribution >= 0.6 is 0 Å². The molecule has 0 unspecified atom stereocenters. The summed E-state index contributed by atoms with van der Waals surface area (Å²) < 4.78 is 0. The fourth-order valence-electron chi connectivity index (χ4n) is 1.74. The highest BCUT2D eigenvalue weighted by Crippen LogP contribution is 2.28. The highest BCUT2D eigenvalue weighted by Gasteiger charge is 2.31. The first-order chi connectivity index (χ1) is 6.27. The SMILES string of the molecule is O=C1CN(C(=O)C2CCC2)CCN1. The highest BCUT2D eigenvalue weighted by molar-refractivity contribution is 5.87.